The van der Waals surface area contributed by atoms with E-state index in [-0.39, 0.29) is 0 Å². The molecular formula is C45H27N5. The summed E-state index contributed by atoms with van der Waals surface area (Å²) in [5.41, 5.74) is 10.3. The maximum Gasteiger partial charge on any atom is 0.134 e. The summed E-state index contributed by atoms with van der Waals surface area (Å²) in [4.78, 5) is 10.4. The van der Waals surface area contributed by atoms with Gasteiger partial charge in [-0.2, -0.15) is 5.26 Å². The van der Waals surface area contributed by atoms with E-state index in [0.717, 1.165) is 46.7 Å². The second kappa shape index (κ2) is 10.1. The second-order valence-electron chi connectivity index (χ2n) is 13.2. The van der Waals surface area contributed by atoms with Crippen LogP contribution < -0.4 is 0 Å². The topological polar surface area (TPSA) is 58.4 Å². The third-order valence-corrected chi connectivity index (χ3v) is 10.6. The van der Waals surface area contributed by atoms with Gasteiger partial charge >= 0.3 is 0 Å². The van der Waals surface area contributed by atoms with Crippen LogP contribution >= 0.6 is 0 Å². The Bertz CT molecular complexity index is 3150. The fourth-order valence-electron chi connectivity index (χ4n) is 8.40. The number of hydrogen-bond acceptors (Lipinski definition) is 3. The minimum absolute atomic E-state index is 0.619. The molecule has 5 heterocycles. The van der Waals surface area contributed by atoms with Crippen LogP contribution in [-0.2, 0) is 6.42 Å². The Balaban J connectivity index is 1.33. The Labute approximate surface area is 286 Å². The van der Waals surface area contributed by atoms with Crippen molar-refractivity contribution in [3.8, 4) is 6.07 Å². The molecule has 0 saturated carbocycles. The van der Waals surface area contributed by atoms with Gasteiger partial charge in [-0.1, -0.05) is 78.9 Å². The summed E-state index contributed by atoms with van der Waals surface area (Å²) in [7, 11) is 0. The molecule has 0 radical (unpaired) electrons. The number of allylic oxidation sites excluding steroid dienone is 1. The van der Waals surface area contributed by atoms with Crippen LogP contribution in [0, 0.1) is 11.3 Å². The maximum atomic E-state index is 9.54. The van der Waals surface area contributed by atoms with Crippen molar-refractivity contribution in [2.45, 2.75) is 12.8 Å². The van der Waals surface area contributed by atoms with Gasteiger partial charge in [-0.15, -0.1) is 0 Å². The Hall–Kier alpha value is -6.77. The van der Waals surface area contributed by atoms with Gasteiger partial charge in [0, 0.05) is 44.1 Å². The maximum absolute atomic E-state index is 9.54. The number of para-hydroxylation sites is 2. The fourth-order valence-corrected chi connectivity index (χ4v) is 8.40. The van der Waals surface area contributed by atoms with Crippen molar-refractivity contribution in [2.75, 3.05) is 0 Å². The molecule has 10 aromatic rings. The summed E-state index contributed by atoms with van der Waals surface area (Å²) in [5.74, 6) is 0.874. The zero-order valence-electron chi connectivity index (χ0n) is 26.9. The van der Waals surface area contributed by atoms with Crippen LogP contribution in [0.15, 0.2) is 145 Å². The molecule has 50 heavy (non-hydrogen) atoms. The van der Waals surface area contributed by atoms with Crippen molar-refractivity contribution >= 4 is 82.2 Å². The number of fused-ring (bicyclic) bond motifs is 12. The predicted octanol–water partition coefficient (Wildman–Crippen LogP) is 10.6. The molecule has 0 fully saturated rings. The van der Waals surface area contributed by atoms with Gasteiger partial charge in [0.25, 0.3) is 0 Å². The molecule has 0 unspecified atom stereocenters. The third-order valence-electron chi connectivity index (χ3n) is 10.6. The summed E-state index contributed by atoms with van der Waals surface area (Å²) in [5, 5.41) is 19.4. The Morgan fingerprint density at radius 3 is 2.16 bits per heavy atom. The summed E-state index contributed by atoms with van der Waals surface area (Å²) in [6, 6.07) is 47.4. The van der Waals surface area contributed by atoms with E-state index in [1.165, 1.54) is 65.2 Å². The van der Waals surface area contributed by atoms with E-state index in [2.05, 4.69) is 118 Å². The van der Waals surface area contributed by atoms with E-state index in [9.17, 15) is 5.26 Å². The highest BCUT2D eigenvalue weighted by molar-refractivity contribution is 6.35. The molecule has 6 aromatic carbocycles. The van der Waals surface area contributed by atoms with Crippen molar-refractivity contribution in [1.29, 1.82) is 5.26 Å². The van der Waals surface area contributed by atoms with Gasteiger partial charge in [-0.25, -0.2) is 4.99 Å². The zero-order valence-corrected chi connectivity index (χ0v) is 26.9. The molecule has 0 spiro atoms. The molecule has 11 rings (SSSR count). The fraction of sp³-hybridized carbons (Fsp3) is 0.0444. The highest BCUT2D eigenvalue weighted by Gasteiger charge is 2.26. The molecule has 232 valence electrons. The van der Waals surface area contributed by atoms with E-state index in [1.54, 1.807) is 0 Å². The molecule has 4 aromatic heterocycles. The molecule has 0 amide bonds. The highest BCUT2D eigenvalue weighted by atomic mass is 15.1. The number of nitrogens with zero attached hydrogens (tertiary/aromatic N) is 5. The Morgan fingerprint density at radius 2 is 1.34 bits per heavy atom. The standard InChI is InChI=1S/C45H27N5/c46-26-27-18-20-29(21-19-27)43-42-28(12-8-22-47-42)11-7-17-40(48-43)50-38-16-6-4-14-33(38)35-25-34-32-13-3-5-15-37(32)49-39-24-31-10-2-1-9-30(31)23-36(39)41(44(34)49)45(35)50/h1-6,8-10,12-25H,7,11H2/b40-17+,48-43?. The van der Waals surface area contributed by atoms with Crippen LogP contribution in [0.3, 0.4) is 0 Å². The Kier molecular flexibility index (Phi) is 5.51. The minimum atomic E-state index is 0.619. The molecular weight excluding hydrogens is 611 g/mol. The van der Waals surface area contributed by atoms with Gasteiger partial charge in [0.2, 0.25) is 0 Å². The summed E-state index contributed by atoms with van der Waals surface area (Å²) < 4.78 is 4.87. The SMILES string of the molecule is N#Cc1ccc(C2=N/C(n3c4ccccc4c4cc5c6ccccc6n6c7cc8ccccc8cc7c(c43)c56)=C\CCc3cccnc32)cc1. The molecule has 5 heteroatoms. The number of nitriles is 1. The van der Waals surface area contributed by atoms with Crippen LogP contribution in [0.2, 0.25) is 0 Å². The number of aromatic nitrogens is 3. The van der Waals surface area contributed by atoms with Gasteiger partial charge in [-0.05, 0) is 83.8 Å². The highest BCUT2D eigenvalue weighted by Crippen LogP contribution is 2.47. The zero-order chi connectivity index (χ0) is 32.9. The first-order chi connectivity index (χ1) is 24.8. The average molecular weight is 638 g/mol. The van der Waals surface area contributed by atoms with Crippen LogP contribution in [0.25, 0.3) is 76.5 Å². The average Bonchev–Trinajstić information content (AvgIpc) is 3.79. The number of aryl methyl sites for hydroxylation is 1. The number of hydrogen-bond donors (Lipinski definition) is 0. The lowest BCUT2D eigenvalue weighted by molar-refractivity contribution is 0.962. The van der Waals surface area contributed by atoms with Crippen molar-refractivity contribution in [3.05, 3.63) is 162 Å². The van der Waals surface area contributed by atoms with Crippen molar-refractivity contribution in [3.63, 3.8) is 0 Å². The number of pyridine rings is 1. The van der Waals surface area contributed by atoms with E-state index < -0.39 is 0 Å². The van der Waals surface area contributed by atoms with Gasteiger partial charge < -0.3 is 4.40 Å². The van der Waals surface area contributed by atoms with Gasteiger partial charge in [0.05, 0.1) is 50.6 Å². The lowest BCUT2D eigenvalue weighted by Gasteiger charge is -2.17. The molecule has 1 aliphatic rings. The summed E-state index contributed by atoms with van der Waals surface area (Å²) in [6.45, 7) is 0. The van der Waals surface area contributed by atoms with E-state index in [0.29, 0.717) is 5.56 Å². The Morgan fingerprint density at radius 1 is 0.620 bits per heavy atom. The van der Waals surface area contributed by atoms with Crippen molar-refractivity contribution in [1.82, 2.24) is 14.0 Å². The summed E-state index contributed by atoms with van der Waals surface area (Å²) >= 11 is 0. The molecule has 0 N–H and O–H groups in total. The monoisotopic (exact) mass is 637 g/mol. The van der Waals surface area contributed by atoms with E-state index >= 15 is 0 Å². The normalized spacial score (nSPS) is 14.7. The van der Waals surface area contributed by atoms with E-state index in [1.807, 2.05) is 36.5 Å². The van der Waals surface area contributed by atoms with Crippen LogP contribution in [-0.4, -0.2) is 19.7 Å². The first-order valence-electron chi connectivity index (χ1n) is 17.0. The molecule has 0 saturated heterocycles. The number of aliphatic imine (C=N–C) groups is 1. The molecule has 0 aliphatic carbocycles. The molecule has 0 bridgehead atoms. The lowest BCUT2D eigenvalue weighted by Crippen LogP contribution is -2.13. The van der Waals surface area contributed by atoms with Crippen LogP contribution in [0.5, 0.6) is 0 Å². The smallest absolute Gasteiger partial charge is 0.134 e. The first-order valence-corrected chi connectivity index (χ1v) is 17.0. The second-order valence-corrected chi connectivity index (χ2v) is 13.2. The first kappa shape index (κ1) is 27.2. The predicted molar refractivity (Wildman–Crippen MR) is 205 cm³/mol. The van der Waals surface area contributed by atoms with Gasteiger partial charge in [-0.3, -0.25) is 9.55 Å². The van der Waals surface area contributed by atoms with Crippen molar-refractivity contribution in [2.24, 2.45) is 4.99 Å². The quantitative estimate of drug-likeness (QED) is 0.189. The molecule has 0 atom stereocenters. The molecule has 1 aliphatic heterocycles. The lowest BCUT2D eigenvalue weighted by atomic mass is 9.98. The third kappa shape index (κ3) is 3.65. The molecule has 5 nitrogen and oxygen atoms in total. The number of benzene rings is 6. The summed E-state index contributed by atoms with van der Waals surface area (Å²) in [6.07, 6.45) is 5.81. The van der Waals surface area contributed by atoms with Crippen molar-refractivity contribution < 1.29 is 0 Å². The number of rotatable bonds is 2. The van der Waals surface area contributed by atoms with Crippen LogP contribution in [0.4, 0.5) is 0 Å². The van der Waals surface area contributed by atoms with Gasteiger partial charge in [0.15, 0.2) is 0 Å². The minimum Gasteiger partial charge on any atom is -0.308 e. The van der Waals surface area contributed by atoms with E-state index in [4.69, 9.17) is 9.98 Å². The van der Waals surface area contributed by atoms with Crippen LogP contribution in [0.1, 0.15) is 28.8 Å². The largest absolute Gasteiger partial charge is 0.308 e. The van der Waals surface area contributed by atoms with Gasteiger partial charge in [0.1, 0.15) is 5.82 Å².